The van der Waals surface area contributed by atoms with Crippen molar-refractivity contribution in [1.29, 1.82) is 0 Å². The molecule has 1 N–H and O–H groups in total. The molecule has 53 heavy (non-hydrogen) atoms. The maximum atomic E-state index is 15.3. The molecule has 5 aromatic rings. The molecule has 4 atom stereocenters. The van der Waals surface area contributed by atoms with Gasteiger partial charge in [-0.05, 0) is 61.1 Å². The van der Waals surface area contributed by atoms with E-state index in [2.05, 4.69) is 15.3 Å². The van der Waals surface area contributed by atoms with Crippen molar-refractivity contribution in [2.24, 2.45) is 0 Å². The molecular weight excluding hydrogens is 672 g/mol. The maximum Gasteiger partial charge on any atom is 0.321 e. The third-order valence-corrected chi connectivity index (χ3v) is 9.61. The molecule has 12 heteroatoms. The smallest absolute Gasteiger partial charge is 0.321 e. The van der Waals surface area contributed by atoms with Crippen LogP contribution < -0.4 is 5.32 Å². The van der Waals surface area contributed by atoms with Crippen molar-refractivity contribution in [3.63, 3.8) is 0 Å². The maximum absolute atomic E-state index is 15.3. The summed E-state index contributed by atoms with van der Waals surface area (Å²) in [5, 5.41) is 14.6. The molecule has 0 spiro atoms. The van der Waals surface area contributed by atoms with Gasteiger partial charge in [0.25, 0.3) is 11.6 Å². The van der Waals surface area contributed by atoms with E-state index in [1.807, 2.05) is 85.5 Å². The average Bonchev–Trinajstić information content (AvgIpc) is 3.47. The molecule has 1 aromatic heterocycles. The number of aromatic nitrogens is 2. The van der Waals surface area contributed by atoms with Crippen LogP contribution in [0.5, 0.6) is 0 Å². The van der Waals surface area contributed by atoms with Gasteiger partial charge in [0.2, 0.25) is 0 Å². The fourth-order valence-corrected chi connectivity index (χ4v) is 7.27. The van der Waals surface area contributed by atoms with Gasteiger partial charge in [0, 0.05) is 43.2 Å². The fraction of sp³-hybridized carbons (Fsp3) is 0.268. The zero-order valence-electron chi connectivity index (χ0n) is 29.4. The first kappa shape index (κ1) is 35.4. The highest BCUT2D eigenvalue weighted by Crippen LogP contribution is 2.40. The number of hydrogen-bond acceptors (Lipinski definition) is 8. The molecule has 0 saturated carbocycles. The number of nitro groups is 1. The van der Waals surface area contributed by atoms with Gasteiger partial charge in [-0.25, -0.2) is 9.78 Å². The number of urea groups is 1. The molecular formula is C41H40N6O6. The van der Waals surface area contributed by atoms with Crippen molar-refractivity contribution in [1.82, 2.24) is 19.8 Å². The van der Waals surface area contributed by atoms with Crippen LogP contribution in [0.1, 0.15) is 46.5 Å². The number of anilines is 1. The number of non-ortho nitro benzene ring substituents is 1. The first-order chi connectivity index (χ1) is 25.6. The van der Waals surface area contributed by atoms with Crippen LogP contribution in [0.15, 0.2) is 128 Å². The number of amides is 3. The van der Waals surface area contributed by atoms with Crippen LogP contribution in [0.25, 0.3) is 0 Å². The van der Waals surface area contributed by atoms with Crippen molar-refractivity contribution >= 4 is 23.4 Å². The van der Waals surface area contributed by atoms with E-state index in [9.17, 15) is 14.9 Å². The molecule has 4 aromatic carbocycles. The lowest BCUT2D eigenvalue weighted by molar-refractivity contribution is -0.384. The van der Waals surface area contributed by atoms with Gasteiger partial charge in [0.05, 0.1) is 23.2 Å². The summed E-state index contributed by atoms with van der Waals surface area (Å²) in [7, 11) is 0. The Labute approximate surface area is 307 Å². The van der Waals surface area contributed by atoms with E-state index in [1.165, 1.54) is 30.7 Å². The lowest BCUT2D eigenvalue weighted by Gasteiger charge is -2.37. The standard InChI is InChI=1S/C41H40N6O6/c1-41(2)52-37-34(23-28-11-5-3-6-12-28)45(26-30-15-9-17-32(21-30)39(48)44-36-25-42-19-20-43-36)40(49)46(27-31-16-10-18-33(22-31)47(50)51)35(38(37)53-41)24-29-13-7-4-8-14-29/h3-22,25,34-35,37-38H,23-24,26-27H2,1-2H3,(H,43,44,48)/t34-,35-,37+,38+/m1/s1. The molecule has 3 heterocycles. The predicted molar refractivity (Wildman–Crippen MR) is 198 cm³/mol. The first-order valence-corrected chi connectivity index (χ1v) is 17.5. The Morgan fingerprint density at radius 2 is 1.32 bits per heavy atom. The number of ether oxygens (including phenoxy) is 2. The Morgan fingerprint density at radius 1 is 0.774 bits per heavy atom. The molecule has 2 fully saturated rings. The topological polar surface area (TPSA) is 140 Å². The van der Waals surface area contributed by atoms with E-state index in [0.29, 0.717) is 29.8 Å². The minimum absolute atomic E-state index is 0.0563. The number of benzene rings is 4. The summed E-state index contributed by atoms with van der Waals surface area (Å²) in [4.78, 5) is 51.8. The number of nitrogens with one attached hydrogen (secondary N) is 1. The molecule has 7 rings (SSSR count). The van der Waals surface area contributed by atoms with Gasteiger partial charge in [-0.3, -0.25) is 19.9 Å². The zero-order chi connectivity index (χ0) is 37.0. The number of nitrogens with zero attached hydrogens (tertiary/aromatic N) is 5. The van der Waals surface area contributed by atoms with E-state index < -0.39 is 35.0 Å². The first-order valence-electron chi connectivity index (χ1n) is 17.5. The van der Waals surface area contributed by atoms with Crippen LogP contribution in [0.2, 0.25) is 0 Å². The van der Waals surface area contributed by atoms with Gasteiger partial charge in [0.15, 0.2) is 11.6 Å². The summed E-state index contributed by atoms with van der Waals surface area (Å²) >= 11 is 0. The van der Waals surface area contributed by atoms with Gasteiger partial charge in [-0.2, -0.15) is 0 Å². The summed E-state index contributed by atoms with van der Waals surface area (Å²) in [5.74, 6) is -0.998. The molecule has 2 aliphatic heterocycles. The summed E-state index contributed by atoms with van der Waals surface area (Å²) in [6.07, 6.45) is 4.34. The number of hydrogen-bond donors (Lipinski definition) is 1. The van der Waals surface area contributed by atoms with Crippen molar-refractivity contribution in [2.75, 3.05) is 5.32 Å². The summed E-state index contributed by atoms with van der Waals surface area (Å²) in [5.41, 5.74) is 3.71. The highest BCUT2D eigenvalue weighted by atomic mass is 16.8. The van der Waals surface area contributed by atoms with E-state index in [0.717, 1.165) is 16.7 Å². The van der Waals surface area contributed by atoms with Gasteiger partial charge in [-0.15, -0.1) is 0 Å². The average molecular weight is 713 g/mol. The third-order valence-electron chi connectivity index (χ3n) is 9.61. The normalized spacial score (nSPS) is 20.8. The van der Waals surface area contributed by atoms with Crippen LogP contribution >= 0.6 is 0 Å². The van der Waals surface area contributed by atoms with Gasteiger partial charge >= 0.3 is 6.03 Å². The Hall–Kier alpha value is -5.98. The lowest BCUT2D eigenvalue weighted by atomic mass is 9.91. The second kappa shape index (κ2) is 15.3. The number of carbonyl (C=O) groups excluding carboxylic acids is 2. The monoisotopic (exact) mass is 712 g/mol. The Kier molecular flexibility index (Phi) is 10.2. The number of rotatable bonds is 11. The van der Waals surface area contributed by atoms with Crippen molar-refractivity contribution in [3.8, 4) is 0 Å². The van der Waals surface area contributed by atoms with Crippen molar-refractivity contribution < 1.29 is 24.0 Å². The molecule has 12 nitrogen and oxygen atoms in total. The number of nitro benzene ring substituents is 1. The molecule has 0 bridgehead atoms. The molecule has 3 amide bonds. The fourth-order valence-electron chi connectivity index (χ4n) is 7.27. The molecule has 2 saturated heterocycles. The van der Waals surface area contributed by atoms with Crippen molar-refractivity contribution in [3.05, 3.63) is 166 Å². The van der Waals surface area contributed by atoms with Crippen LogP contribution in [0, 0.1) is 10.1 Å². The Morgan fingerprint density at radius 3 is 1.87 bits per heavy atom. The SMILES string of the molecule is CC1(C)O[C@@H]2[C@@H](O1)[C@@H](Cc1ccccc1)N(Cc1cccc([N+](=O)[O-])c1)C(=O)N(Cc1cccc(C(=O)Nc3cnccn3)c1)[C@@H]2Cc1ccccc1. The van der Waals surface area contributed by atoms with E-state index in [4.69, 9.17) is 9.47 Å². The highest BCUT2D eigenvalue weighted by molar-refractivity contribution is 6.03. The zero-order valence-corrected chi connectivity index (χ0v) is 29.4. The van der Waals surface area contributed by atoms with E-state index in [1.54, 1.807) is 35.2 Å². The highest BCUT2D eigenvalue weighted by Gasteiger charge is 2.55. The molecule has 270 valence electrons. The molecule has 0 radical (unpaired) electrons. The van der Waals surface area contributed by atoms with Crippen LogP contribution in [-0.2, 0) is 35.4 Å². The Bertz CT molecular complexity index is 2070. The van der Waals surface area contributed by atoms with Crippen molar-refractivity contribution in [2.45, 2.75) is 69.9 Å². The second-order valence-corrected chi connectivity index (χ2v) is 13.8. The number of fused-ring (bicyclic) bond motifs is 1. The predicted octanol–water partition coefficient (Wildman–Crippen LogP) is 6.82. The molecule has 0 aliphatic carbocycles. The summed E-state index contributed by atoms with van der Waals surface area (Å²) in [6, 6.07) is 32.1. The number of carbonyl (C=O) groups is 2. The molecule has 2 aliphatic rings. The summed E-state index contributed by atoms with van der Waals surface area (Å²) in [6.45, 7) is 4.02. The van der Waals surface area contributed by atoms with E-state index >= 15 is 4.79 Å². The van der Waals surface area contributed by atoms with Crippen LogP contribution in [0.3, 0.4) is 0 Å². The van der Waals surface area contributed by atoms with Gasteiger partial charge in [0.1, 0.15) is 12.2 Å². The Balaban J connectivity index is 1.32. The third kappa shape index (κ3) is 8.24. The van der Waals surface area contributed by atoms with E-state index in [-0.39, 0.29) is 30.7 Å². The van der Waals surface area contributed by atoms with Gasteiger partial charge in [-0.1, -0.05) is 84.9 Å². The quantitative estimate of drug-likeness (QED) is 0.116. The lowest BCUT2D eigenvalue weighted by Crippen LogP contribution is -2.51. The largest absolute Gasteiger partial charge is 0.342 e. The second-order valence-electron chi connectivity index (χ2n) is 13.8. The van der Waals surface area contributed by atoms with Crippen LogP contribution in [-0.4, -0.2) is 66.7 Å². The molecule has 0 unspecified atom stereocenters. The van der Waals surface area contributed by atoms with Crippen LogP contribution in [0.4, 0.5) is 16.3 Å². The minimum atomic E-state index is -0.958. The van der Waals surface area contributed by atoms with Gasteiger partial charge < -0.3 is 24.6 Å². The minimum Gasteiger partial charge on any atom is -0.342 e. The summed E-state index contributed by atoms with van der Waals surface area (Å²) < 4.78 is 13.5.